The van der Waals surface area contributed by atoms with Crippen molar-refractivity contribution in [3.63, 3.8) is 0 Å². The number of nitrogens with two attached hydrogens (primary N) is 1. The number of benzene rings is 1. The van der Waals surface area contributed by atoms with Crippen molar-refractivity contribution in [1.82, 2.24) is 15.3 Å². The van der Waals surface area contributed by atoms with E-state index in [0.29, 0.717) is 0 Å². The second kappa shape index (κ2) is 5.85. The first-order valence-corrected chi connectivity index (χ1v) is 6.40. The van der Waals surface area contributed by atoms with E-state index in [-0.39, 0.29) is 19.0 Å². The number of hydrogen-bond donors (Lipinski definition) is 3. The van der Waals surface area contributed by atoms with Crippen molar-refractivity contribution in [3.05, 3.63) is 34.9 Å². The standard InChI is InChI=1S/C12H13BrN4O2/c13-9-2-1-8-3-4-17(10(8)5-9)7-12(19)15-6-11(18)16-14/h1-5H,6-7,14H2,(H,15,19)(H,16,18). The van der Waals surface area contributed by atoms with Crippen molar-refractivity contribution in [2.24, 2.45) is 5.84 Å². The molecule has 2 rings (SSSR count). The van der Waals surface area contributed by atoms with E-state index in [4.69, 9.17) is 5.84 Å². The normalized spacial score (nSPS) is 10.4. The topological polar surface area (TPSA) is 89.2 Å². The zero-order valence-electron chi connectivity index (χ0n) is 10.0. The number of aromatic nitrogens is 1. The molecule has 19 heavy (non-hydrogen) atoms. The Kier molecular flexibility index (Phi) is 4.18. The number of hydrogen-bond acceptors (Lipinski definition) is 3. The number of hydrazine groups is 1. The number of amides is 2. The fraction of sp³-hybridized carbons (Fsp3) is 0.167. The van der Waals surface area contributed by atoms with E-state index in [2.05, 4.69) is 21.2 Å². The predicted octanol–water partition coefficient (Wildman–Crippen LogP) is 0.510. The number of nitrogens with one attached hydrogen (secondary N) is 2. The SMILES string of the molecule is NNC(=O)CNC(=O)Cn1ccc2ccc(Br)cc21. The summed E-state index contributed by atoms with van der Waals surface area (Å²) in [6.07, 6.45) is 1.83. The molecule has 0 fully saturated rings. The average molecular weight is 325 g/mol. The van der Waals surface area contributed by atoms with Gasteiger partial charge in [0.1, 0.15) is 6.54 Å². The van der Waals surface area contributed by atoms with Gasteiger partial charge in [0.2, 0.25) is 5.91 Å². The Balaban J connectivity index is 2.07. The van der Waals surface area contributed by atoms with Crippen LogP contribution < -0.4 is 16.6 Å². The second-order valence-electron chi connectivity index (χ2n) is 3.99. The Labute approximate surface area is 118 Å². The Morgan fingerprint density at radius 3 is 2.79 bits per heavy atom. The van der Waals surface area contributed by atoms with Crippen molar-refractivity contribution in [2.75, 3.05) is 6.54 Å². The number of carbonyl (C=O) groups excluding carboxylic acids is 2. The third kappa shape index (κ3) is 3.33. The summed E-state index contributed by atoms with van der Waals surface area (Å²) < 4.78 is 2.76. The lowest BCUT2D eigenvalue weighted by Crippen LogP contribution is -2.41. The highest BCUT2D eigenvalue weighted by atomic mass is 79.9. The summed E-state index contributed by atoms with van der Waals surface area (Å²) >= 11 is 3.40. The summed E-state index contributed by atoms with van der Waals surface area (Å²) in [5, 5.41) is 3.54. The molecule has 0 aliphatic heterocycles. The lowest BCUT2D eigenvalue weighted by molar-refractivity contribution is -0.126. The molecule has 1 heterocycles. The van der Waals surface area contributed by atoms with E-state index in [1.54, 1.807) is 0 Å². The summed E-state index contributed by atoms with van der Waals surface area (Å²) in [4.78, 5) is 22.6. The van der Waals surface area contributed by atoms with Crippen molar-refractivity contribution >= 4 is 38.6 Å². The first-order chi connectivity index (χ1) is 9.10. The van der Waals surface area contributed by atoms with Crippen LogP contribution in [0.3, 0.4) is 0 Å². The molecule has 6 nitrogen and oxygen atoms in total. The summed E-state index contributed by atoms with van der Waals surface area (Å²) in [6.45, 7) is 0.0238. The molecule has 2 aromatic rings. The van der Waals surface area contributed by atoms with Crippen molar-refractivity contribution in [2.45, 2.75) is 6.54 Å². The highest BCUT2D eigenvalue weighted by Gasteiger charge is 2.07. The van der Waals surface area contributed by atoms with Gasteiger partial charge in [-0.2, -0.15) is 0 Å². The molecule has 1 aromatic heterocycles. The van der Waals surface area contributed by atoms with Crippen LogP contribution in [0.25, 0.3) is 10.9 Å². The molecule has 0 aliphatic carbocycles. The Morgan fingerprint density at radius 2 is 2.05 bits per heavy atom. The third-order valence-electron chi connectivity index (χ3n) is 2.66. The van der Waals surface area contributed by atoms with Crippen molar-refractivity contribution in [3.8, 4) is 0 Å². The van der Waals surface area contributed by atoms with Crippen LogP contribution in [0.2, 0.25) is 0 Å². The number of halogens is 1. The summed E-state index contributed by atoms with van der Waals surface area (Å²) in [6, 6.07) is 7.78. The molecule has 0 aliphatic rings. The molecule has 1 aromatic carbocycles. The van der Waals surface area contributed by atoms with Gasteiger partial charge in [0.15, 0.2) is 0 Å². The van der Waals surface area contributed by atoms with E-state index in [0.717, 1.165) is 15.4 Å². The maximum Gasteiger partial charge on any atom is 0.253 e. The van der Waals surface area contributed by atoms with Crippen LogP contribution in [0.4, 0.5) is 0 Å². The van der Waals surface area contributed by atoms with Gasteiger partial charge in [-0.1, -0.05) is 22.0 Å². The molecule has 0 unspecified atom stereocenters. The van der Waals surface area contributed by atoms with E-state index < -0.39 is 5.91 Å². The quantitative estimate of drug-likeness (QED) is 0.435. The average Bonchev–Trinajstić information content (AvgIpc) is 2.78. The van der Waals surface area contributed by atoms with Gasteiger partial charge in [0.25, 0.3) is 5.91 Å². The minimum Gasteiger partial charge on any atom is -0.345 e. The molecular formula is C12H13BrN4O2. The molecule has 0 bridgehead atoms. The molecule has 2 amide bonds. The van der Waals surface area contributed by atoms with Crippen molar-refractivity contribution < 1.29 is 9.59 Å². The monoisotopic (exact) mass is 324 g/mol. The maximum absolute atomic E-state index is 11.7. The molecule has 0 spiro atoms. The minimum absolute atomic E-state index is 0.127. The fourth-order valence-corrected chi connectivity index (χ4v) is 2.08. The Hall–Kier alpha value is -1.86. The van der Waals surface area contributed by atoms with Crippen LogP contribution >= 0.6 is 15.9 Å². The first kappa shape index (κ1) is 13.6. The van der Waals surface area contributed by atoms with E-state index in [9.17, 15) is 9.59 Å². The van der Waals surface area contributed by atoms with Gasteiger partial charge >= 0.3 is 0 Å². The molecule has 0 saturated carbocycles. The molecule has 0 atom stereocenters. The molecule has 0 radical (unpaired) electrons. The molecule has 7 heteroatoms. The van der Waals surface area contributed by atoms with Crippen LogP contribution in [0.5, 0.6) is 0 Å². The Bertz CT molecular complexity index is 623. The molecule has 0 saturated heterocycles. The van der Waals surface area contributed by atoms with Gasteiger partial charge in [-0.15, -0.1) is 0 Å². The van der Waals surface area contributed by atoms with Crippen molar-refractivity contribution in [1.29, 1.82) is 0 Å². The Morgan fingerprint density at radius 1 is 1.26 bits per heavy atom. The van der Waals surface area contributed by atoms with Gasteiger partial charge in [-0.05, 0) is 23.6 Å². The van der Waals surface area contributed by atoms with Gasteiger partial charge in [0, 0.05) is 16.2 Å². The van der Waals surface area contributed by atoms with Crippen LogP contribution in [0, 0.1) is 0 Å². The fourth-order valence-electron chi connectivity index (χ4n) is 1.74. The molecule has 4 N–H and O–H groups in total. The third-order valence-corrected chi connectivity index (χ3v) is 3.15. The predicted molar refractivity (Wildman–Crippen MR) is 75.0 cm³/mol. The lowest BCUT2D eigenvalue weighted by Gasteiger charge is -2.07. The summed E-state index contributed by atoms with van der Waals surface area (Å²) in [5.41, 5.74) is 2.90. The van der Waals surface area contributed by atoms with Gasteiger partial charge < -0.3 is 9.88 Å². The van der Waals surface area contributed by atoms with Crippen LogP contribution in [0.1, 0.15) is 0 Å². The molecular weight excluding hydrogens is 312 g/mol. The van der Waals surface area contributed by atoms with Crippen LogP contribution in [-0.2, 0) is 16.1 Å². The highest BCUT2D eigenvalue weighted by Crippen LogP contribution is 2.20. The minimum atomic E-state index is -0.437. The number of nitrogens with zero attached hydrogens (tertiary/aromatic N) is 1. The maximum atomic E-state index is 11.7. The summed E-state index contributed by atoms with van der Waals surface area (Å²) in [7, 11) is 0. The van der Waals surface area contributed by atoms with Crippen LogP contribution in [0.15, 0.2) is 34.9 Å². The lowest BCUT2D eigenvalue weighted by atomic mass is 10.2. The first-order valence-electron chi connectivity index (χ1n) is 5.60. The molecule has 100 valence electrons. The largest absolute Gasteiger partial charge is 0.345 e. The number of fused-ring (bicyclic) bond motifs is 1. The zero-order valence-corrected chi connectivity index (χ0v) is 11.6. The van der Waals surface area contributed by atoms with E-state index in [1.165, 1.54) is 0 Å². The number of carbonyl (C=O) groups is 2. The van der Waals surface area contributed by atoms with E-state index in [1.807, 2.05) is 40.5 Å². The van der Waals surface area contributed by atoms with Gasteiger partial charge in [-0.3, -0.25) is 15.0 Å². The number of rotatable bonds is 4. The summed E-state index contributed by atoms with van der Waals surface area (Å²) in [5.74, 6) is 4.24. The van der Waals surface area contributed by atoms with Crippen LogP contribution in [-0.4, -0.2) is 22.9 Å². The second-order valence-corrected chi connectivity index (χ2v) is 4.91. The van der Waals surface area contributed by atoms with E-state index >= 15 is 0 Å². The smallest absolute Gasteiger partial charge is 0.253 e. The zero-order chi connectivity index (χ0) is 13.8. The highest BCUT2D eigenvalue weighted by molar-refractivity contribution is 9.10. The van der Waals surface area contributed by atoms with Gasteiger partial charge in [0.05, 0.1) is 6.54 Å². The van der Waals surface area contributed by atoms with Gasteiger partial charge in [-0.25, -0.2) is 5.84 Å².